The number of carbonyl (C=O) groups excluding carboxylic acids is 1. The summed E-state index contributed by atoms with van der Waals surface area (Å²) in [6.07, 6.45) is 2.85. The molecule has 1 aromatic heterocycles. The molecule has 0 aliphatic carbocycles. The maximum Gasteiger partial charge on any atom is 0.387 e. The van der Waals surface area contributed by atoms with E-state index in [0.717, 1.165) is 18.2 Å². The van der Waals surface area contributed by atoms with Crippen molar-refractivity contribution >= 4 is 11.7 Å². The zero-order chi connectivity index (χ0) is 16.8. The maximum atomic E-state index is 13.1. The van der Waals surface area contributed by atoms with Crippen LogP contribution in [0.4, 0.5) is 23.7 Å². The topological polar surface area (TPSA) is 81.1 Å². The normalized spacial score (nSPS) is 12.0. The van der Waals surface area contributed by atoms with E-state index < -0.39 is 24.2 Å². The standard InChI is InChI=1S/C13H14F3N5O2/c1-8(5-21-7-17-6-18-21)19-13(22)20-10-3-2-9(14)4-11(10)23-12(15)16/h2-4,6-8,12H,5H2,1H3,(H2,19,20,22). The highest BCUT2D eigenvalue weighted by molar-refractivity contribution is 5.91. The summed E-state index contributed by atoms with van der Waals surface area (Å²) in [5.74, 6) is -1.22. The fourth-order valence-corrected chi connectivity index (χ4v) is 1.83. The number of urea groups is 1. The lowest BCUT2D eigenvalue weighted by Crippen LogP contribution is -2.38. The van der Waals surface area contributed by atoms with E-state index in [-0.39, 0.29) is 11.7 Å². The molecule has 1 unspecified atom stereocenters. The Morgan fingerprint density at radius 2 is 2.22 bits per heavy atom. The summed E-state index contributed by atoms with van der Waals surface area (Å²) < 4.78 is 43.4. The molecule has 0 aliphatic heterocycles. The van der Waals surface area contributed by atoms with Crippen molar-refractivity contribution in [2.24, 2.45) is 0 Å². The Morgan fingerprint density at radius 1 is 1.43 bits per heavy atom. The first-order valence-electron chi connectivity index (χ1n) is 6.58. The smallest absolute Gasteiger partial charge is 0.387 e. The molecule has 0 spiro atoms. The van der Waals surface area contributed by atoms with E-state index in [9.17, 15) is 18.0 Å². The Bertz CT molecular complexity index is 651. The summed E-state index contributed by atoms with van der Waals surface area (Å²) in [6.45, 7) is -1.04. The van der Waals surface area contributed by atoms with Gasteiger partial charge in [-0.15, -0.1) is 0 Å². The summed E-state index contributed by atoms with van der Waals surface area (Å²) in [5, 5.41) is 8.81. The molecule has 0 saturated carbocycles. The number of hydrogen-bond donors (Lipinski definition) is 2. The SMILES string of the molecule is CC(Cn1cncn1)NC(=O)Nc1ccc(F)cc1OC(F)F. The van der Waals surface area contributed by atoms with Gasteiger partial charge in [0.2, 0.25) is 0 Å². The van der Waals surface area contributed by atoms with Gasteiger partial charge in [0.1, 0.15) is 18.5 Å². The van der Waals surface area contributed by atoms with Gasteiger partial charge < -0.3 is 15.4 Å². The first kappa shape index (κ1) is 16.6. The van der Waals surface area contributed by atoms with Crippen LogP contribution in [-0.4, -0.2) is 33.4 Å². The van der Waals surface area contributed by atoms with Crippen LogP contribution >= 0.6 is 0 Å². The van der Waals surface area contributed by atoms with Crippen molar-refractivity contribution in [3.05, 3.63) is 36.7 Å². The van der Waals surface area contributed by atoms with Gasteiger partial charge in [0.25, 0.3) is 0 Å². The third-order valence-electron chi connectivity index (χ3n) is 2.71. The third-order valence-corrected chi connectivity index (χ3v) is 2.71. The number of aromatic nitrogens is 3. The Labute approximate surface area is 129 Å². The second-order valence-electron chi connectivity index (χ2n) is 4.64. The van der Waals surface area contributed by atoms with Crippen molar-refractivity contribution in [3.63, 3.8) is 0 Å². The van der Waals surface area contributed by atoms with E-state index in [2.05, 4.69) is 25.5 Å². The highest BCUT2D eigenvalue weighted by Gasteiger charge is 2.14. The van der Waals surface area contributed by atoms with Gasteiger partial charge in [0.05, 0.1) is 12.2 Å². The zero-order valence-electron chi connectivity index (χ0n) is 12.0. The molecule has 1 atom stereocenters. The molecule has 1 aromatic carbocycles. The van der Waals surface area contributed by atoms with Crippen molar-refractivity contribution in [1.29, 1.82) is 0 Å². The number of nitrogens with zero attached hydrogens (tertiary/aromatic N) is 3. The summed E-state index contributed by atoms with van der Waals surface area (Å²) in [7, 11) is 0. The van der Waals surface area contributed by atoms with Crippen molar-refractivity contribution in [3.8, 4) is 5.75 Å². The lowest BCUT2D eigenvalue weighted by atomic mass is 10.3. The number of carbonyl (C=O) groups is 1. The van der Waals surface area contributed by atoms with Crippen LogP contribution < -0.4 is 15.4 Å². The molecule has 124 valence electrons. The molecule has 0 bridgehead atoms. The Morgan fingerprint density at radius 3 is 2.87 bits per heavy atom. The monoisotopic (exact) mass is 329 g/mol. The number of anilines is 1. The Hall–Kier alpha value is -2.78. The molecule has 1 heterocycles. The molecule has 2 N–H and O–H groups in total. The lowest BCUT2D eigenvalue weighted by Gasteiger charge is -2.16. The minimum atomic E-state index is -3.13. The van der Waals surface area contributed by atoms with Crippen molar-refractivity contribution in [2.45, 2.75) is 26.1 Å². The number of halogens is 3. The van der Waals surface area contributed by atoms with E-state index in [1.807, 2.05) is 0 Å². The predicted molar refractivity (Wildman–Crippen MR) is 74.7 cm³/mol. The number of benzene rings is 1. The third kappa shape index (κ3) is 5.16. The summed E-state index contributed by atoms with van der Waals surface area (Å²) in [6, 6.07) is 1.96. The van der Waals surface area contributed by atoms with Gasteiger partial charge in [-0.05, 0) is 19.1 Å². The van der Waals surface area contributed by atoms with Crippen molar-refractivity contribution in [2.75, 3.05) is 5.32 Å². The summed E-state index contributed by atoms with van der Waals surface area (Å²) in [5.41, 5.74) is -0.0721. The average Bonchev–Trinajstić information content (AvgIpc) is 2.93. The Balaban J connectivity index is 1.96. The zero-order valence-corrected chi connectivity index (χ0v) is 12.0. The second-order valence-corrected chi connectivity index (χ2v) is 4.64. The van der Waals surface area contributed by atoms with Crippen LogP contribution in [0.5, 0.6) is 5.75 Å². The molecule has 2 aromatic rings. The van der Waals surface area contributed by atoms with Gasteiger partial charge in [-0.25, -0.2) is 14.2 Å². The molecule has 2 rings (SSSR count). The molecule has 0 radical (unpaired) electrons. The van der Waals surface area contributed by atoms with Gasteiger partial charge in [0.15, 0.2) is 5.75 Å². The predicted octanol–water partition coefficient (Wildman–Crippen LogP) is 2.23. The number of hydrogen-bond acceptors (Lipinski definition) is 4. The lowest BCUT2D eigenvalue weighted by molar-refractivity contribution is -0.0495. The van der Waals surface area contributed by atoms with Gasteiger partial charge in [-0.1, -0.05) is 0 Å². The number of ether oxygens (including phenoxy) is 1. The van der Waals surface area contributed by atoms with E-state index in [4.69, 9.17) is 0 Å². The van der Waals surface area contributed by atoms with E-state index in [1.165, 1.54) is 17.3 Å². The molecular weight excluding hydrogens is 315 g/mol. The molecule has 0 saturated heterocycles. The largest absolute Gasteiger partial charge is 0.432 e. The number of nitrogens with one attached hydrogen (secondary N) is 2. The molecule has 0 aliphatic rings. The molecule has 0 fully saturated rings. The highest BCUT2D eigenvalue weighted by Crippen LogP contribution is 2.26. The van der Waals surface area contributed by atoms with Gasteiger partial charge in [0, 0.05) is 12.1 Å². The van der Waals surface area contributed by atoms with Crippen LogP contribution in [0.1, 0.15) is 6.92 Å². The van der Waals surface area contributed by atoms with Crippen LogP contribution in [-0.2, 0) is 6.54 Å². The van der Waals surface area contributed by atoms with Crippen molar-refractivity contribution in [1.82, 2.24) is 20.1 Å². The summed E-state index contributed by atoms with van der Waals surface area (Å²) >= 11 is 0. The number of rotatable bonds is 6. The van der Waals surface area contributed by atoms with E-state index >= 15 is 0 Å². The van der Waals surface area contributed by atoms with Crippen LogP contribution in [0, 0.1) is 5.82 Å². The fraction of sp³-hybridized carbons (Fsp3) is 0.308. The average molecular weight is 329 g/mol. The minimum absolute atomic E-state index is 0.0721. The number of amides is 2. The van der Waals surface area contributed by atoms with Gasteiger partial charge in [-0.3, -0.25) is 4.68 Å². The van der Waals surface area contributed by atoms with Crippen LogP contribution in [0.2, 0.25) is 0 Å². The van der Waals surface area contributed by atoms with Crippen molar-refractivity contribution < 1.29 is 22.7 Å². The highest BCUT2D eigenvalue weighted by atomic mass is 19.3. The minimum Gasteiger partial charge on any atom is -0.432 e. The molecular formula is C13H14F3N5O2. The Kier molecular flexibility index (Phi) is 5.39. The van der Waals surface area contributed by atoms with Crippen LogP contribution in [0.25, 0.3) is 0 Å². The first-order valence-corrected chi connectivity index (χ1v) is 6.58. The van der Waals surface area contributed by atoms with E-state index in [1.54, 1.807) is 6.92 Å². The first-order chi connectivity index (χ1) is 10.9. The van der Waals surface area contributed by atoms with Crippen LogP contribution in [0.3, 0.4) is 0 Å². The van der Waals surface area contributed by atoms with E-state index in [0.29, 0.717) is 6.54 Å². The van der Waals surface area contributed by atoms with Crippen LogP contribution in [0.15, 0.2) is 30.9 Å². The second kappa shape index (κ2) is 7.47. The fourth-order valence-electron chi connectivity index (χ4n) is 1.83. The van der Waals surface area contributed by atoms with Gasteiger partial charge >= 0.3 is 12.6 Å². The number of alkyl halides is 2. The quantitative estimate of drug-likeness (QED) is 0.851. The molecule has 2 amide bonds. The molecule has 7 nitrogen and oxygen atoms in total. The molecule has 23 heavy (non-hydrogen) atoms. The maximum absolute atomic E-state index is 13.1. The summed E-state index contributed by atoms with van der Waals surface area (Å²) in [4.78, 5) is 15.6. The molecule has 10 heteroatoms. The van der Waals surface area contributed by atoms with Gasteiger partial charge in [-0.2, -0.15) is 13.9 Å².